The molecule has 0 spiro atoms. The molecule has 0 aromatic carbocycles. The second-order valence-electron chi connectivity index (χ2n) is 6.06. The van der Waals surface area contributed by atoms with Crippen LogP contribution in [-0.4, -0.2) is 40.6 Å². The molecule has 6 nitrogen and oxygen atoms in total. The van der Waals surface area contributed by atoms with E-state index in [1.807, 2.05) is 0 Å². The molecule has 9 heteroatoms. The molecule has 0 aliphatic heterocycles. The van der Waals surface area contributed by atoms with E-state index in [2.05, 4.69) is 27.3 Å². The number of nitrogens with one attached hydrogen (secondary N) is 3. The highest BCUT2D eigenvalue weighted by Crippen LogP contribution is 2.25. The summed E-state index contributed by atoms with van der Waals surface area (Å²) >= 11 is 6.83. The highest BCUT2D eigenvalue weighted by Gasteiger charge is 2.19. The minimum atomic E-state index is -3.49. The van der Waals surface area contributed by atoms with Gasteiger partial charge in [-0.15, -0.1) is 11.3 Å². The van der Waals surface area contributed by atoms with Gasteiger partial charge in [-0.2, -0.15) is 0 Å². The van der Waals surface area contributed by atoms with E-state index in [4.69, 9.17) is 11.6 Å². The number of guanidine groups is 1. The van der Waals surface area contributed by atoms with Crippen LogP contribution in [0, 0.1) is 5.92 Å². The molecule has 1 saturated carbocycles. The average molecular weight is 393 g/mol. The van der Waals surface area contributed by atoms with Crippen LogP contribution in [0.3, 0.4) is 0 Å². The number of hydrogen-bond donors (Lipinski definition) is 3. The molecule has 136 valence electrons. The lowest BCUT2D eigenvalue weighted by atomic mass is 9.87. The summed E-state index contributed by atoms with van der Waals surface area (Å²) in [6.45, 7) is 3.03. The van der Waals surface area contributed by atoms with Crippen molar-refractivity contribution in [2.45, 2.75) is 42.9 Å². The summed E-state index contributed by atoms with van der Waals surface area (Å²) in [5.41, 5.74) is 0. The Morgan fingerprint density at radius 2 is 2.00 bits per heavy atom. The molecule has 0 saturated heterocycles. The van der Waals surface area contributed by atoms with Gasteiger partial charge in [-0.3, -0.25) is 4.99 Å². The van der Waals surface area contributed by atoms with Crippen LogP contribution in [0.1, 0.15) is 32.6 Å². The van der Waals surface area contributed by atoms with Gasteiger partial charge in [0.1, 0.15) is 4.21 Å². The minimum absolute atomic E-state index is 0.228. The van der Waals surface area contributed by atoms with Crippen molar-refractivity contribution in [3.05, 3.63) is 16.5 Å². The Bertz CT molecular complexity index is 652. The molecule has 1 aromatic rings. The molecule has 1 heterocycles. The third-order valence-electron chi connectivity index (χ3n) is 4.10. The van der Waals surface area contributed by atoms with Crippen LogP contribution in [0.4, 0.5) is 0 Å². The molecule has 24 heavy (non-hydrogen) atoms. The van der Waals surface area contributed by atoms with Crippen molar-refractivity contribution < 1.29 is 8.42 Å². The molecule has 0 bridgehead atoms. The van der Waals surface area contributed by atoms with Crippen molar-refractivity contribution in [3.8, 4) is 0 Å². The lowest BCUT2D eigenvalue weighted by Gasteiger charge is -2.28. The van der Waals surface area contributed by atoms with Gasteiger partial charge in [0.05, 0.1) is 4.34 Å². The van der Waals surface area contributed by atoms with E-state index in [1.165, 1.54) is 18.9 Å². The van der Waals surface area contributed by atoms with Crippen LogP contribution in [0.25, 0.3) is 0 Å². The molecule has 1 aromatic heterocycles. The lowest BCUT2D eigenvalue weighted by Crippen LogP contribution is -2.46. The van der Waals surface area contributed by atoms with Gasteiger partial charge in [0.2, 0.25) is 10.0 Å². The number of nitrogens with zero attached hydrogens (tertiary/aromatic N) is 1. The molecule has 0 unspecified atom stereocenters. The predicted octanol–water partition coefficient (Wildman–Crippen LogP) is 2.42. The summed E-state index contributed by atoms with van der Waals surface area (Å²) in [6.07, 6.45) is 4.76. The van der Waals surface area contributed by atoms with Gasteiger partial charge < -0.3 is 10.6 Å². The topological polar surface area (TPSA) is 82.6 Å². The van der Waals surface area contributed by atoms with Crippen molar-refractivity contribution >= 4 is 38.9 Å². The number of aliphatic imine (C=N–C) groups is 1. The van der Waals surface area contributed by atoms with E-state index < -0.39 is 10.0 Å². The molecule has 3 N–H and O–H groups in total. The number of rotatable bonds is 6. The van der Waals surface area contributed by atoms with Crippen LogP contribution in [-0.2, 0) is 10.0 Å². The Labute approximate surface area is 153 Å². The standard InChI is InChI=1S/C15H25ClN4O2S2/c1-11-3-5-12(6-4-11)20-15(17-2)18-9-10-19-24(21,22)14-8-7-13(16)23-14/h7-8,11-12,19H,3-6,9-10H2,1-2H3,(H2,17,18,20). The quantitative estimate of drug-likeness (QED) is 0.394. The number of thiophene rings is 1. The van der Waals surface area contributed by atoms with Crippen LogP contribution in [0.5, 0.6) is 0 Å². The highest BCUT2D eigenvalue weighted by molar-refractivity contribution is 7.91. The maximum absolute atomic E-state index is 12.1. The van der Waals surface area contributed by atoms with Gasteiger partial charge in [-0.25, -0.2) is 13.1 Å². The van der Waals surface area contributed by atoms with E-state index in [-0.39, 0.29) is 10.8 Å². The fourth-order valence-corrected chi connectivity index (χ4v) is 5.23. The maximum Gasteiger partial charge on any atom is 0.250 e. The van der Waals surface area contributed by atoms with Crippen molar-refractivity contribution in [2.24, 2.45) is 10.9 Å². The summed E-state index contributed by atoms with van der Waals surface area (Å²) in [4.78, 5) is 4.20. The second-order valence-corrected chi connectivity index (χ2v) is 9.77. The minimum Gasteiger partial charge on any atom is -0.355 e. The summed E-state index contributed by atoms with van der Waals surface area (Å²) in [7, 11) is -1.77. The number of halogens is 1. The summed E-state index contributed by atoms with van der Waals surface area (Å²) < 4.78 is 27.4. The van der Waals surface area contributed by atoms with Gasteiger partial charge in [0.15, 0.2) is 5.96 Å². The fourth-order valence-electron chi connectivity index (χ4n) is 2.67. The molecule has 1 aliphatic carbocycles. The Morgan fingerprint density at radius 3 is 2.58 bits per heavy atom. The zero-order valence-corrected chi connectivity index (χ0v) is 16.4. The third-order valence-corrected chi connectivity index (χ3v) is 7.29. The smallest absolute Gasteiger partial charge is 0.250 e. The number of sulfonamides is 1. The first-order valence-corrected chi connectivity index (χ1v) is 10.8. The largest absolute Gasteiger partial charge is 0.355 e. The van der Waals surface area contributed by atoms with E-state index in [0.29, 0.717) is 22.9 Å². The predicted molar refractivity (Wildman–Crippen MR) is 100 cm³/mol. The Balaban J connectivity index is 1.72. The molecular weight excluding hydrogens is 368 g/mol. The van der Waals surface area contributed by atoms with Gasteiger partial charge in [0, 0.05) is 26.2 Å². The van der Waals surface area contributed by atoms with Crippen LogP contribution >= 0.6 is 22.9 Å². The molecule has 0 amide bonds. The van der Waals surface area contributed by atoms with Crippen LogP contribution in [0.15, 0.2) is 21.3 Å². The van der Waals surface area contributed by atoms with Crippen molar-refractivity contribution in [1.29, 1.82) is 0 Å². The van der Waals surface area contributed by atoms with E-state index in [0.717, 1.165) is 30.1 Å². The highest BCUT2D eigenvalue weighted by atomic mass is 35.5. The zero-order chi connectivity index (χ0) is 17.6. The summed E-state index contributed by atoms with van der Waals surface area (Å²) in [6, 6.07) is 3.53. The average Bonchev–Trinajstić information content (AvgIpc) is 2.99. The second kappa shape index (κ2) is 9.03. The Hall–Kier alpha value is -0.830. The van der Waals surface area contributed by atoms with Crippen LogP contribution in [0.2, 0.25) is 4.34 Å². The van der Waals surface area contributed by atoms with Crippen molar-refractivity contribution in [3.63, 3.8) is 0 Å². The first-order valence-electron chi connectivity index (χ1n) is 8.13. The Morgan fingerprint density at radius 1 is 1.29 bits per heavy atom. The first kappa shape index (κ1) is 19.5. The maximum atomic E-state index is 12.1. The van der Waals surface area contributed by atoms with Crippen molar-refractivity contribution in [1.82, 2.24) is 15.4 Å². The lowest BCUT2D eigenvalue weighted by molar-refractivity contribution is 0.329. The summed E-state index contributed by atoms with van der Waals surface area (Å²) in [5, 5.41) is 6.55. The number of hydrogen-bond acceptors (Lipinski definition) is 4. The molecule has 0 atom stereocenters. The van der Waals surface area contributed by atoms with E-state index in [9.17, 15) is 8.42 Å². The molecule has 0 radical (unpaired) electrons. The molecule has 1 aliphatic rings. The van der Waals surface area contributed by atoms with Crippen molar-refractivity contribution in [2.75, 3.05) is 20.1 Å². The summed E-state index contributed by atoms with van der Waals surface area (Å²) in [5.74, 6) is 1.52. The normalized spacial score (nSPS) is 22.4. The molecule has 1 fully saturated rings. The molecular formula is C15H25ClN4O2S2. The van der Waals surface area contributed by atoms with Gasteiger partial charge >= 0.3 is 0 Å². The van der Waals surface area contributed by atoms with E-state index >= 15 is 0 Å². The van der Waals surface area contributed by atoms with E-state index in [1.54, 1.807) is 13.1 Å². The first-order chi connectivity index (χ1) is 11.4. The third kappa shape index (κ3) is 5.91. The monoisotopic (exact) mass is 392 g/mol. The zero-order valence-electron chi connectivity index (χ0n) is 14.0. The molecule has 2 rings (SSSR count). The van der Waals surface area contributed by atoms with Crippen LogP contribution < -0.4 is 15.4 Å². The Kier molecular flexibility index (Phi) is 7.34. The van der Waals surface area contributed by atoms with Gasteiger partial charge in [-0.05, 0) is 43.7 Å². The van der Waals surface area contributed by atoms with Gasteiger partial charge in [-0.1, -0.05) is 18.5 Å². The fraction of sp³-hybridized carbons (Fsp3) is 0.667. The SMILES string of the molecule is CN=C(NCCNS(=O)(=O)c1ccc(Cl)s1)NC1CCC(C)CC1. The van der Waals surface area contributed by atoms with Gasteiger partial charge in [0.25, 0.3) is 0 Å².